The molecule has 3 rings (SSSR count). The van der Waals surface area contributed by atoms with Gasteiger partial charge in [0.2, 0.25) is 0 Å². The number of ether oxygens (including phenoxy) is 1. The summed E-state index contributed by atoms with van der Waals surface area (Å²) in [6, 6.07) is 9.32. The van der Waals surface area contributed by atoms with Crippen LogP contribution in [0.15, 0.2) is 30.3 Å². The highest BCUT2D eigenvalue weighted by Gasteiger charge is 2.52. The second-order valence-electron chi connectivity index (χ2n) is 5.43. The SMILES string of the molecule is O=C(O)[C@H]1C[C@H]2CC[C@@H]1N2C(=O)OCc1ccccc1. The molecular weight excluding hydrogens is 258 g/mol. The van der Waals surface area contributed by atoms with Crippen LogP contribution in [0.3, 0.4) is 0 Å². The van der Waals surface area contributed by atoms with Crippen molar-refractivity contribution >= 4 is 12.1 Å². The van der Waals surface area contributed by atoms with Crippen LogP contribution in [0.1, 0.15) is 24.8 Å². The van der Waals surface area contributed by atoms with Crippen LogP contribution in [-0.4, -0.2) is 34.2 Å². The number of carbonyl (C=O) groups excluding carboxylic acids is 1. The van der Waals surface area contributed by atoms with E-state index in [0.717, 1.165) is 18.4 Å². The highest BCUT2D eigenvalue weighted by Crippen LogP contribution is 2.42. The molecule has 2 heterocycles. The quantitative estimate of drug-likeness (QED) is 0.918. The van der Waals surface area contributed by atoms with Crippen LogP contribution in [0.2, 0.25) is 0 Å². The first-order chi connectivity index (χ1) is 9.66. The Morgan fingerprint density at radius 2 is 2.00 bits per heavy atom. The van der Waals surface area contributed by atoms with E-state index in [4.69, 9.17) is 9.84 Å². The highest BCUT2D eigenvalue weighted by atomic mass is 16.6. The van der Waals surface area contributed by atoms with Gasteiger partial charge in [-0.25, -0.2) is 4.79 Å². The zero-order valence-electron chi connectivity index (χ0n) is 11.1. The molecule has 1 amide bonds. The molecule has 1 aromatic rings. The molecular formula is C15H17NO4. The van der Waals surface area contributed by atoms with Gasteiger partial charge in [-0.3, -0.25) is 4.79 Å². The molecule has 5 heteroatoms. The second kappa shape index (κ2) is 5.15. The maximum absolute atomic E-state index is 12.2. The number of amides is 1. The molecule has 0 unspecified atom stereocenters. The molecule has 0 saturated carbocycles. The first-order valence-electron chi connectivity index (χ1n) is 6.88. The average Bonchev–Trinajstić information content (AvgIpc) is 3.03. The first-order valence-corrected chi connectivity index (χ1v) is 6.88. The summed E-state index contributed by atoms with van der Waals surface area (Å²) >= 11 is 0. The lowest BCUT2D eigenvalue weighted by molar-refractivity contribution is -0.142. The molecule has 2 aliphatic heterocycles. The van der Waals surface area contributed by atoms with Crippen molar-refractivity contribution in [1.29, 1.82) is 0 Å². The Morgan fingerprint density at radius 3 is 2.65 bits per heavy atom. The van der Waals surface area contributed by atoms with Gasteiger partial charge in [-0.15, -0.1) is 0 Å². The molecule has 20 heavy (non-hydrogen) atoms. The van der Waals surface area contributed by atoms with Crippen LogP contribution >= 0.6 is 0 Å². The lowest BCUT2D eigenvalue weighted by atomic mass is 9.89. The number of carboxylic acids is 1. The molecule has 1 N–H and O–H groups in total. The first kappa shape index (κ1) is 13.0. The highest BCUT2D eigenvalue weighted by molar-refractivity contribution is 5.76. The Hall–Kier alpha value is -2.04. The minimum absolute atomic E-state index is 0.0318. The Balaban J connectivity index is 1.62. The number of nitrogens with zero attached hydrogens (tertiary/aromatic N) is 1. The Bertz CT molecular complexity index is 516. The van der Waals surface area contributed by atoms with Crippen LogP contribution in [-0.2, 0) is 16.1 Å². The summed E-state index contributed by atoms with van der Waals surface area (Å²) in [6.07, 6.45) is 1.82. The van der Waals surface area contributed by atoms with E-state index in [1.165, 1.54) is 0 Å². The fourth-order valence-electron chi connectivity index (χ4n) is 3.33. The van der Waals surface area contributed by atoms with Gasteiger partial charge in [0, 0.05) is 12.1 Å². The van der Waals surface area contributed by atoms with Gasteiger partial charge in [-0.05, 0) is 24.8 Å². The number of aliphatic carboxylic acids is 1. The average molecular weight is 275 g/mol. The predicted molar refractivity (Wildman–Crippen MR) is 71.0 cm³/mol. The fourth-order valence-corrected chi connectivity index (χ4v) is 3.33. The van der Waals surface area contributed by atoms with Crippen molar-refractivity contribution in [1.82, 2.24) is 4.90 Å². The summed E-state index contributed by atoms with van der Waals surface area (Å²) < 4.78 is 5.31. The molecule has 106 valence electrons. The van der Waals surface area contributed by atoms with E-state index < -0.39 is 11.9 Å². The number of benzene rings is 1. The van der Waals surface area contributed by atoms with Crippen LogP contribution < -0.4 is 0 Å². The normalized spacial score (nSPS) is 27.6. The van der Waals surface area contributed by atoms with E-state index in [9.17, 15) is 9.59 Å². The molecule has 2 bridgehead atoms. The van der Waals surface area contributed by atoms with Gasteiger partial charge >= 0.3 is 12.1 Å². The summed E-state index contributed by atoms with van der Waals surface area (Å²) in [5.74, 6) is -1.24. The van der Waals surface area contributed by atoms with Crippen LogP contribution in [0.5, 0.6) is 0 Å². The van der Waals surface area contributed by atoms with Gasteiger partial charge in [-0.1, -0.05) is 30.3 Å². The van der Waals surface area contributed by atoms with Gasteiger partial charge in [-0.2, -0.15) is 0 Å². The monoisotopic (exact) mass is 275 g/mol. The molecule has 3 atom stereocenters. The zero-order chi connectivity index (χ0) is 14.1. The number of hydrogen-bond donors (Lipinski definition) is 1. The third kappa shape index (κ3) is 2.24. The summed E-state index contributed by atoms with van der Waals surface area (Å²) in [7, 11) is 0. The van der Waals surface area contributed by atoms with E-state index in [2.05, 4.69) is 0 Å². The van der Waals surface area contributed by atoms with Crippen molar-refractivity contribution in [2.75, 3.05) is 0 Å². The van der Waals surface area contributed by atoms with Crippen molar-refractivity contribution in [2.24, 2.45) is 5.92 Å². The topological polar surface area (TPSA) is 66.8 Å². The van der Waals surface area contributed by atoms with Crippen LogP contribution in [0.4, 0.5) is 4.79 Å². The van der Waals surface area contributed by atoms with Gasteiger partial charge in [0.1, 0.15) is 6.61 Å². The smallest absolute Gasteiger partial charge is 0.410 e. The molecule has 2 saturated heterocycles. The van der Waals surface area contributed by atoms with Gasteiger partial charge in [0.25, 0.3) is 0 Å². The summed E-state index contributed by atoms with van der Waals surface area (Å²) in [5, 5.41) is 9.16. The van der Waals surface area contributed by atoms with Crippen molar-refractivity contribution in [3.63, 3.8) is 0 Å². The maximum atomic E-state index is 12.2. The summed E-state index contributed by atoms with van der Waals surface area (Å²) in [6.45, 7) is 0.230. The van der Waals surface area contributed by atoms with Gasteiger partial charge < -0.3 is 14.7 Å². The molecule has 2 fully saturated rings. The zero-order valence-corrected chi connectivity index (χ0v) is 11.1. The molecule has 0 aliphatic carbocycles. The Morgan fingerprint density at radius 1 is 1.25 bits per heavy atom. The van der Waals surface area contributed by atoms with Crippen LogP contribution in [0.25, 0.3) is 0 Å². The minimum atomic E-state index is -0.807. The number of carbonyl (C=O) groups is 2. The van der Waals surface area contributed by atoms with E-state index in [1.807, 2.05) is 30.3 Å². The second-order valence-corrected chi connectivity index (χ2v) is 5.43. The molecule has 0 aromatic heterocycles. The predicted octanol–water partition coefficient (Wildman–Crippen LogP) is 2.26. The molecule has 0 radical (unpaired) electrons. The van der Waals surface area contributed by atoms with E-state index >= 15 is 0 Å². The third-order valence-corrected chi connectivity index (χ3v) is 4.27. The Labute approximate surface area is 117 Å². The molecule has 5 nitrogen and oxygen atoms in total. The van der Waals surface area contributed by atoms with Crippen molar-refractivity contribution in [3.8, 4) is 0 Å². The van der Waals surface area contributed by atoms with Crippen molar-refractivity contribution in [3.05, 3.63) is 35.9 Å². The van der Waals surface area contributed by atoms with E-state index in [-0.39, 0.29) is 24.8 Å². The molecule has 2 aliphatic rings. The summed E-state index contributed by atoms with van der Waals surface area (Å²) in [4.78, 5) is 25.0. The minimum Gasteiger partial charge on any atom is -0.481 e. The van der Waals surface area contributed by atoms with E-state index in [0.29, 0.717) is 6.42 Å². The van der Waals surface area contributed by atoms with Crippen molar-refractivity contribution in [2.45, 2.75) is 38.0 Å². The maximum Gasteiger partial charge on any atom is 0.410 e. The number of hydrogen-bond acceptors (Lipinski definition) is 3. The fraction of sp³-hybridized carbons (Fsp3) is 0.467. The summed E-state index contributed by atoms with van der Waals surface area (Å²) in [5.41, 5.74) is 0.933. The molecule has 1 aromatic carbocycles. The van der Waals surface area contributed by atoms with Gasteiger partial charge in [0.15, 0.2) is 0 Å². The third-order valence-electron chi connectivity index (χ3n) is 4.27. The lowest BCUT2D eigenvalue weighted by Crippen LogP contribution is -2.38. The van der Waals surface area contributed by atoms with E-state index in [1.54, 1.807) is 4.90 Å². The lowest BCUT2D eigenvalue weighted by Gasteiger charge is -2.22. The number of rotatable bonds is 3. The number of fused-ring (bicyclic) bond motifs is 2. The van der Waals surface area contributed by atoms with Crippen molar-refractivity contribution < 1.29 is 19.4 Å². The Kier molecular flexibility index (Phi) is 3.34. The van der Waals surface area contributed by atoms with Gasteiger partial charge in [0.05, 0.1) is 5.92 Å². The standard InChI is InChI=1S/C15H17NO4/c17-14(18)12-8-11-6-7-13(12)16(11)15(19)20-9-10-4-2-1-3-5-10/h1-5,11-13H,6-9H2,(H,17,18)/t11-,12+,13+/m1/s1. The largest absolute Gasteiger partial charge is 0.481 e. The molecule has 0 spiro atoms. The van der Waals surface area contributed by atoms with Crippen LogP contribution in [0, 0.1) is 5.92 Å². The number of carboxylic acid groups (broad SMARTS) is 1.